The molecule has 0 bridgehead atoms. The van der Waals surface area contributed by atoms with Crippen LogP contribution in [0.4, 0.5) is 10.5 Å². The molecule has 0 spiro atoms. The van der Waals surface area contributed by atoms with Crippen molar-refractivity contribution in [2.24, 2.45) is 0 Å². The van der Waals surface area contributed by atoms with Crippen LogP contribution in [0, 0.1) is 0 Å². The van der Waals surface area contributed by atoms with Crippen molar-refractivity contribution in [2.45, 2.75) is 18.9 Å². The molecule has 35 heavy (non-hydrogen) atoms. The monoisotopic (exact) mass is 473 g/mol. The molecule has 9 heteroatoms. The number of para-hydroxylation sites is 1. The normalized spacial score (nSPS) is 18.4. The van der Waals surface area contributed by atoms with Crippen molar-refractivity contribution in [1.29, 1.82) is 0 Å². The Morgan fingerprint density at radius 3 is 2.49 bits per heavy atom. The number of imide groups is 1. The maximum Gasteiger partial charge on any atom is 0.325 e. The predicted molar refractivity (Wildman–Crippen MR) is 127 cm³/mol. The molecule has 1 fully saturated rings. The summed E-state index contributed by atoms with van der Waals surface area (Å²) in [6, 6.07) is 20.9. The van der Waals surface area contributed by atoms with E-state index >= 15 is 0 Å². The van der Waals surface area contributed by atoms with Crippen LogP contribution in [-0.2, 0) is 16.0 Å². The summed E-state index contributed by atoms with van der Waals surface area (Å²) in [4.78, 5) is 39.1. The number of benzene rings is 3. The fraction of sp³-hybridized carbons (Fsp3) is 0.192. The zero-order chi connectivity index (χ0) is 24.4. The number of fused-ring (bicyclic) bond motifs is 1. The molecular weight excluding hydrogens is 450 g/mol. The Hall–Kier alpha value is -4.53. The molecule has 0 radical (unpaired) electrons. The fourth-order valence-electron chi connectivity index (χ4n) is 4.04. The van der Waals surface area contributed by atoms with Crippen LogP contribution in [0.2, 0.25) is 0 Å². The lowest BCUT2D eigenvalue weighted by atomic mass is 9.92. The summed E-state index contributed by atoms with van der Waals surface area (Å²) in [6.07, 6.45) is 0.245. The second-order valence-corrected chi connectivity index (χ2v) is 8.51. The highest BCUT2D eigenvalue weighted by Crippen LogP contribution is 2.34. The van der Waals surface area contributed by atoms with E-state index in [0.29, 0.717) is 28.7 Å². The summed E-state index contributed by atoms with van der Waals surface area (Å²) in [6.45, 7) is 1.39. The summed E-state index contributed by atoms with van der Waals surface area (Å²) in [7, 11) is 0. The average molecular weight is 473 g/mol. The molecule has 5 rings (SSSR count). The van der Waals surface area contributed by atoms with Gasteiger partial charge in [0.2, 0.25) is 12.7 Å². The van der Waals surface area contributed by atoms with Gasteiger partial charge in [0.05, 0.1) is 0 Å². The quantitative estimate of drug-likeness (QED) is 0.507. The van der Waals surface area contributed by atoms with E-state index in [0.717, 1.165) is 10.5 Å². The Bertz CT molecular complexity index is 1280. The number of ether oxygens (including phenoxy) is 3. The first-order valence-corrected chi connectivity index (χ1v) is 11.1. The Labute approximate surface area is 201 Å². The molecule has 9 nitrogen and oxygen atoms in total. The van der Waals surface area contributed by atoms with Gasteiger partial charge in [0, 0.05) is 12.1 Å². The second-order valence-electron chi connectivity index (χ2n) is 8.51. The number of anilines is 1. The van der Waals surface area contributed by atoms with Gasteiger partial charge in [0.25, 0.3) is 5.91 Å². The zero-order valence-electron chi connectivity index (χ0n) is 18.9. The third-order valence-electron chi connectivity index (χ3n) is 5.76. The lowest BCUT2D eigenvalue weighted by Crippen LogP contribution is -2.46. The molecule has 0 aromatic heterocycles. The van der Waals surface area contributed by atoms with Crippen molar-refractivity contribution in [3.05, 3.63) is 78.4 Å². The molecule has 2 aliphatic rings. The van der Waals surface area contributed by atoms with Crippen molar-refractivity contribution in [2.75, 3.05) is 18.7 Å². The van der Waals surface area contributed by atoms with Crippen LogP contribution in [0.1, 0.15) is 12.5 Å². The molecular formula is C26H23N3O6. The van der Waals surface area contributed by atoms with Crippen LogP contribution in [0.25, 0.3) is 0 Å². The summed E-state index contributed by atoms with van der Waals surface area (Å²) in [5, 5.41) is 5.42. The fourth-order valence-corrected chi connectivity index (χ4v) is 4.04. The first-order valence-electron chi connectivity index (χ1n) is 11.1. The second kappa shape index (κ2) is 9.02. The average Bonchev–Trinajstić information content (AvgIpc) is 3.39. The summed E-state index contributed by atoms with van der Waals surface area (Å²) >= 11 is 0. The molecule has 3 aromatic rings. The topological polar surface area (TPSA) is 106 Å². The minimum absolute atomic E-state index is 0.150. The summed E-state index contributed by atoms with van der Waals surface area (Å²) in [5.74, 6) is 1.59. The van der Waals surface area contributed by atoms with E-state index in [1.165, 1.54) is 0 Å². The lowest BCUT2D eigenvalue weighted by Gasteiger charge is -2.22. The molecule has 0 unspecified atom stereocenters. The van der Waals surface area contributed by atoms with Gasteiger partial charge in [-0.25, -0.2) is 4.79 Å². The Kier molecular flexibility index (Phi) is 5.74. The molecule has 1 atom stereocenters. The minimum atomic E-state index is -1.18. The van der Waals surface area contributed by atoms with E-state index in [1.54, 1.807) is 43.3 Å². The lowest BCUT2D eigenvalue weighted by molar-refractivity contribution is -0.133. The van der Waals surface area contributed by atoms with Crippen LogP contribution in [-0.4, -0.2) is 41.6 Å². The van der Waals surface area contributed by atoms with E-state index in [9.17, 15) is 14.4 Å². The minimum Gasteiger partial charge on any atom is -0.457 e. The van der Waals surface area contributed by atoms with Gasteiger partial charge in [0.1, 0.15) is 23.6 Å². The zero-order valence-corrected chi connectivity index (χ0v) is 18.9. The van der Waals surface area contributed by atoms with Gasteiger partial charge in [-0.1, -0.05) is 24.3 Å². The van der Waals surface area contributed by atoms with Gasteiger partial charge >= 0.3 is 6.03 Å². The number of carbonyl (C=O) groups excluding carboxylic acids is 3. The summed E-state index contributed by atoms with van der Waals surface area (Å²) < 4.78 is 16.4. The van der Waals surface area contributed by atoms with Crippen molar-refractivity contribution in [3.8, 4) is 23.0 Å². The van der Waals surface area contributed by atoms with Crippen molar-refractivity contribution in [3.63, 3.8) is 0 Å². The van der Waals surface area contributed by atoms with Gasteiger partial charge in [0.15, 0.2) is 11.5 Å². The van der Waals surface area contributed by atoms with Gasteiger partial charge in [-0.2, -0.15) is 0 Å². The molecule has 1 saturated heterocycles. The van der Waals surface area contributed by atoms with Crippen LogP contribution in [0.15, 0.2) is 72.8 Å². The van der Waals surface area contributed by atoms with Crippen molar-refractivity contribution < 1.29 is 28.6 Å². The number of rotatable bonds is 7. The molecule has 0 saturated carbocycles. The smallest absolute Gasteiger partial charge is 0.325 e. The van der Waals surface area contributed by atoms with Gasteiger partial charge < -0.3 is 24.8 Å². The maximum absolute atomic E-state index is 13.1. The molecule has 4 amide bonds. The van der Waals surface area contributed by atoms with Crippen LogP contribution >= 0.6 is 0 Å². The van der Waals surface area contributed by atoms with E-state index < -0.39 is 29.9 Å². The van der Waals surface area contributed by atoms with Gasteiger partial charge in [-0.05, 0) is 61.0 Å². The highest BCUT2D eigenvalue weighted by Gasteiger charge is 2.48. The largest absolute Gasteiger partial charge is 0.457 e. The Morgan fingerprint density at radius 2 is 1.71 bits per heavy atom. The standard InChI is InChI=1S/C26H23N3O6/c1-26(14-17-7-12-21-22(13-17)34-16-33-21)24(31)29(25(32)28-26)15-23(30)27-18-8-10-20(11-9-18)35-19-5-3-2-4-6-19/h2-13H,14-16H2,1H3,(H,27,30)(H,28,32)/t26-/m1/s1. The number of nitrogens with one attached hydrogen (secondary N) is 2. The first kappa shape index (κ1) is 22.3. The van der Waals surface area contributed by atoms with E-state index in [2.05, 4.69) is 10.6 Å². The predicted octanol–water partition coefficient (Wildman–Crippen LogP) is 3.70. The highest BCUT2D eigenvalue weighted by atomic mass is 16.7. The SMILES string of the molecule is C[C@]1(Cc2ccc3c(c2)OCO3)NC(=O)N(CC(=O)Nc2ccc(Oc3ccccc3)cc2)C1=O. The molecule has 2 N–H and O–H groups in total. The number of amides is 4. The van der Waals surface area contributed by atoms with Crippen LogP contribution in [0.5, 0.6) is 23.0 Å². The molecule has 0 aliphatic carbocycles. The molecule has 2 heterocycles. The molecule has 3 aromatic carbocycles. The van der Waals surface area contributed by atoms with Crippen LogP contribution in [0.3, 0.4) is 0 Å². The molecule has 2 aliphatic heterocycles. The number of urea groups is 1. The number of carbonyl (C=O) groups is 3. The van der Waals surface area contributed by atoms with Crippen LogP contribution < -0.4 is 24.8 Å². The third kappa shape index (κ3) is 4.74. The Balaban J connectivity index is 1.19. The number of hydrogen-bond donors (Lipinski definition) is 2. The molecule has 178 valence electrons. The first-order chi connectivity index (χ1) is 16.9. The highest BCUT2D eigenvalue weighted by molar-refractivity contribution is 6.10. The van der Waals surface area contributed by atoms with Gasteiger partial charge in [-0.3, -0.25) is 14.5 Å². The van der Waals surface area contributed by atoms with Crippen molar-refractivity contribution >= 4 is 23.5 Å². The number of hydrogen-bond acceptors (Lipinski definition) is 6. The Morgan fingerprint density at radius 1 is 1.00 bits per heavy atom. The van der Waals surface area contributed by atoms with E-state index in [1.807, 2.05) is 36.4 Å². The van der Waals surface area contributed by atoms with Crippen molar-refractivity contribution in [1.82, 2.24) is 10.2 Å². The summed E-state index contributed by atoms with van der Waals surface area (Å²) in [5.41, 5.74) is 0.140. The number of nitrogens with zero attached hydrogens (tertiary/aromatic N) is 1. The maximum atomic E-state index is 13.1. The van der Waals surface area contributed by atoms with E-state index in [4.69, 9.17) is 14.2 Å². The van der Waals surface area contributed by atoms with Gasteiger partial charge in [-0.15, -0.1) is 0 Å². The van der Waals surface area contributed by atoms with E-state index in [-0.39, 0.29) is 13.2 Å². The third-order valence-corrected chi connectivity index (χ3v) is 5.76.